The summed E-state index contributed by atoms with van der Waals surface area (Å²) in [5, 5.41) is 3.02. The van der Waals surface area contributed by atoms with Gasteiger partial charge in [-0.15, -0.1) is 0 Å². The molecule has 0 bridgehead atoms. The molecule has 1 unspecified atom stereocenters. The third kappa shape index (κ3) is 3.03. The molecule has 1 aromatic rings. The molecule has 0 spiro atoms. The maximum absolute atomic E-state index is 12.2. The number of ether oxygens (including phenoxy) is 1. The Bertz CT molecular complexity index is 596. The van der Waals surface area contributed by atoms with Crippen LogP contribution in [0, 0.1) is 0 Å². The molecule has 105 valence electrons. The summed E-state index contributed by atoms with van der Waals surface area (Å²) in [5.41, 5.74) is 8.56. The number of esters is 1. The number of allylic oxidation sites excluding steroid dienone is 1. The van der Waals surface area contributed by atoms with Gasteiger partial charge in [0.2, 0.25) is 0 Å². The van der Waals surface area contributed by atoms with Gasteiger partial charge in [0.15, 0.2) is 0 Å². The number of nitrogens with two attached hydrogens (primary N) is 1. The second-order valence-electron chi connectivity index (χ2n) is 4.39. The first-order valence-electron chi connectivity index (χ1n) is 6.28. The van der Waals surface area contributed by atoms with Gasteiger partial charge in [-0.1, -0.05) is 0 Å². The van der Waals surface area contributed by atoms with Crippen LogP contribution in [-0.4, -0.2) is 33.3 Å². The van der Waals surface area contributed by atoms with Crippen LogP contribution in [-0.2, 0) is 9.53 Å². The van der Waals surface area contributed by atoms with Gasteiger partial charge in [0.05, 0.1) is 0 Å². The Morgan fingerprint density at radius 2 is 2.30 bits per heavy atom. The van der Waals surface area contributed by atoms with Crippen molar-refractivity contribution in [3.8, 4) is 0 Å². The number of benzene rings is 1. The first-order chi connectivity index (χ1) is 9.52. The average molecular weight is 337 g/mol. The fourth-order valence-corrected chi connectivity index (χ4v) is 2.63. The van der Waals surface area contributed by atoms with Gasteiger partial charge >= 0.3 is 126 Å². The summed E-state index contributed by atoms with van der Waals surface area (Å²) in [7, 11) is 0. The molecule has 3 N–H and O–H groups in total. The van der Waals surface area contributed by atoms with E-state index in [4.69, 9.17) is 10.5 Å². The van der Waals surface area contributed by atoms with E-state index in [1.165, 1.54) is 0 Å². The zero-order valence-corrected chi connectivity index (χ0v) is 13.1. The molecule has 0 fully saturated rings. The molecule has 6 heteroatoms. The van der Waals surface area contributed by atoms with Gasteiger partial charge in [-0.25, -0.2) is 0 Å². The Balaban J connectivity index is 2.46. The van der Waals surface area contributed by atoms with E-state index in [2.05, 4.69) is 26.3 Å². The quantitative estimate of drug-likeness (QED) is 0.495. The van der Waals surface area contributed by atoms with Crippen molar-refractivity contribution >= 4 is 32.4 Å². The van der Waals surface area contributed by atoms with Gasteiger partial charge in [-0.2, -0.15) is 0 Å². The number of amidine groups is 1. The summed E-state index contributed by atoms with van der Waals surface area (Å²) >= 11 is 2.84. The summed E-state index contributed by atoms with van der Waals surface area (Å²) in [5.74, 6) is -0.360. The van der Waals surface area contributed by atoms with Crippen LogP contribution in [0.2, 0.25) is 0 Å². The number of aliphatic imine (C=N–C) groups is 1. The van der Waals surface area contributed by atoms with Crippen molar-refractivity contribution in [3.63, 3.8) is 0 Å². The number of nitrogen functional groups attached to an aromatic ring is 1. The Labute approximate surface area is 126 Å². The molecule has 1 aliphatic rings. The van der Waals surface area contributed by atoms with Gasteiger partial charge < -0.3 is 0 Å². The second kappa shape index (κ2) is 6.11. The van der Waals surface area contributed by atoms with Crippen LogP contribution in [0.15, 0.2) is 40.5 Å². The van der Waals surface area contributed by atoms with Gasteiger partial charge in [0.25, 0.3) is 0 Å². The molecule has 1 atom stereocenters. The third-order valence-corrected chi connectivity index (χ3v) is 3.38. The fourth-order valence-electron chi connectivity index (χ4n) is 2.09. The molecule has 1 aromatic carbocycles. The number of hydrogen-bond donors (Lipinski definition) is 2. The van der Waals surface area contributed by atoms with E-state index in [1.807, 2.05) is 25.1 Å². The predicted octanol–water partition coefficient (Wildman–Crippen LogP) is 1.27. The van der Waals surface area contributed by atoms with E-state index in [-0.39, 0.29) is 5.97 Å². The number of rotatable bonds is 3. The molecular formula is C14H16N3O2Se. The Morgan fingerprint density at radius 1 is 1.55 bits per heavy atom. The molecule has 1 radical (unpaired) electrons. The number of carbonyl (C=O) groups is 1. The summed E-state index contributed by atoms with van der Waals surface area (Å²) < 4.78 is 5.76. The van der Waals surface area contributed by atoms with Gasteiger partial charge in [-0.05, 0) is 0 Å². The van der Waals surface area contributed by atoms with E-state index in [1.54, 1.807) is 13.0 Å². The standard InChI is InChI=1S/C14H16N3O2Se/c1-3-19-13(18)11-8(2)16-14(20)17-12(11)9-5-4-6-10(15)7-9/h4-7,12H,3,15H2,1-2H3,(H,16,17). The van der Waals surface area contributed by atoms with Crippen LogP contribution >= 0.6 is 0 Å². The molecule has 5 nitrogen and oxygen atoms in total. The zero-order chi connectivity index (χ0) is 14.7. The summed E-state index contributed by atoms with van der Waals surface area (Å²) in [6.07, 6.45) is 0. The third-order valence-electron chi connectivity index (χ3n) is 2.94. The molecule has 1 heterocycles. The Kier molecular flexibility index (Phi) is 4.47. The maximum atomic E-state index is 12.2. The van der Waals surface area contributed by atoms with E-state index in [0.717, 1.165) is 11.3 Å². The minimum atomic E-state index is -0.407. The number of anilines is 1. The Morgan fingerprint density at radius 3 is 2.95 bits per heavy atom. The molecule has 0 amide bonds. The van der Waals surface area contributed by atoms with E-state index >= 15 is 0 Å². The summed E-state index contributed by atoms with van der Waals surface area (Å²) in [4.78, 5) is 16.6. The van der Waals surface area contributed by atoms with E-state index < -0.39 is 6.04 Å². The first kappa shape index (κ1) is 14.6. The van der Waals surface area contributed by atoms with Crippen LogP contribution in [0.5, 0.6) is 0 Å². The number of hydrogen-bond acceptors (Lipinski definition) is 5. The van der Waals surface area contributed by atoms with Crippen LogP contribution in [0.1, 0.15) is 25.5 Å². The van der Waals surface area contributed by atoms with Crippen molar-refractivity contribution in [1.29, 1.82) is 0 Å². The van der Waals surface area contributed by atoms with Crippen molar-refractivity contribution in [2.75, 3.05) is 12.3 Å². The number of nitrogens with zero attached hydrogens (tertiary/aromatic N) is 1. The normalized spacial score (nSPS) is 18.3. The minimum absolute atomic E-state index is 0.327. The van der Waals surface area contributed by atoms with Crippen LogP contribution in [0.3, 0.4) is 0 Å². The molecule has 0 aromatic heterocycles. The van der Waals surface area contributed by atoms with Crippen molar-refractivity contribution in [2.45, 2.75) is 19.9 Å². The number of nitrogens with one attached hydrogen (secondary N) is 1. The Hall–Kier alpha value is -1.78. The van der Waals surface area contributed by atoms with Gasteiger partial charge in [-0.3, -0.25) is 0 Å². The van der Waals surface area contributed by atoms with Crippen LogP contribution in [0.4, 0.5) is 5.69 Å². The molecule has 0 aliphatic carbocycles. The predicted molar refractivity (Wildman–Crippen MR) is 79.3 cm³/mol. The fraction of sp³-hybridized carbons (Fsp3) is 0.286. The molecular weight excluding hydrogens is 321 g/mol. The molecule has 0 saturated heterocycles. The topological polar surface area (TPSA) is 76.7 Å². The van der Waals surface area contributed by atoms with Crippen LogP contribution < -0.4 is 11.1 Å². The average Bonchev–Trinajstić information content (AvgIpc) is 2.37. The van der Waals surface area contributed by atoms with Crippen molar-refractivity contribution < 1.29 is 9.53 Å². The van der Waals surface area contributed by atoms with Crippen molar-refractivity contribution in [1.82, 2.24) is 5.32 Å². The van der Waals surface area contributed by atoms with Gasteiger partial charge in [0.1, 0.15) is 0 Å². The van der Waals surface area contributed by atoms with E-state index in [0.29, 0.717) is 22.6 Å². The molecule has 0 saturated carbocycles. The van der Waals surface area contributed by atoms with E-state index in [9.17, 15) is 4.79 Å². The number of carbonyl (C=O) groups excluding carboxylic acids is 1. The van der Waals surface area contributed by atoms with Crippen molar-refractivity contribution in [2.24, 2.45) is 4.99 Å². The first-order valence-corrected chi connectivity index (χ1v) is 7.13. The monoisotopic (exact) mass is 338 g/mol. The zero-order valence-electron chi connectivity index (χ0n) is 11.3. The molecule has 1 aliphatic heterocycles. The summed E-state index contributed by atoms with van der Waals surface area (Å²) in [6.45, 7) is 3.94. The van der Waals surface area contributed by atoms with Crippen LogP contribution in [0.25, 0.3) is 0 Å². The second-order valence-corrected chi connectivity index (χ2v) is 5.20. The van der Waals surface area contributed by atoms with Crippen molar-refractivity contribution in [3.05, 3.63) is 41.1 Å². The molecule has 2 rings (SSSR count). The van der Waals surface area contributed by atoms with Gasteiger partial charge in [0, 0.05) is 0 Å². The summed E-state index contributed by atoms with van der Waals surface area (Å²) in [6, 6.07) is 6.96. The SMILES string of the molecule is CCOC(=O)C1=C(C)NC([Se])=NC1c1cccc(N)c1. The molecule has 20 heavy (non-hydrogen) atoms.